The number of nitrogens with two attached hydrogens (primary N) is 1. The van der Waals surface area contributed by atoms with E-state index in [0.717, 1.165) is 0 Å². The topological polar surface area (TPSA) is 173 Å². The van der Waals surface area contributed by atoms with Crippen LogP contribution in [0, 0.1) is 0 Å². The minimum Gasteiger partial charge on any atom is -0.459 e. The van der Waals surface area contributed by atoms with Crippen LogP contribution in [0.3, 0.4) is 0 Å². The molecule has 0 aromatic heterocycles. The predicted molar refractivity (Wildman–Crippen MR) is 166 cm³/mol. The summed E-state index contributed by atoms with van der Waals surface area (Å²) in [7, 11) is 0. The Morgan fingerprint density at radius 1 is 0.574 bits per heavy atom. The van der Waals surface area contributed by atoms with Crippen LogP contribution in [-0.2, 0) is 23.7 Å². The molecule has 12 nitrogen and oxygen atoms in total. The fraction of sp³-hybridized carbons (Fsp3) is 0.171. The van der Waals surface area contributed by atoms with Crippen molar-refractivity contribution in [1.29, 1.82) is 0 Å². The second kappa shape index (κ2) is 15.3. The van der Waals surface area contributed by atoms with Crippen LogP contribution in [0.15, 0.2) is 126 Å². The minimum absolute atomic E-state index is 0.132. The molecule has 0 aliphatic carbocycles. The lowest BCUT2D eigenvalue weighted by Crippen LogP contribution is -2.65. The predicted octanol–water partition coefficient (Wildman–Crippen LogP) is 4.03. The molecule has 1 aliphatic heterocycles. The number of carbonyl (C=O) groups is 4. The maximum absolute atomic E-state index is 13.5. The van der Waals surface area contributed by atoms with E-state index in [4.69, 9.17) is 29.4 Å². The van der Waals surface area contributed by atoms with E-state index in [9.17, 15) is 24.4 Å². The van der Waals surface area contributed by atoms with Gasteiger partial charge in [0.2, 0.25) is 0 Å². The number of hydrogen-bond acceptors (Lipinski definition) is 11. The molecule has 12 heteroatoms. The summed E-state index contributed by atoms with van der Waals surface area (Å²) in [6.45, 7) is -0.533. The van der Waals surface area contributed by atoms with Crippen molar-refractivity contribution in [3.63, 3.8) is 0 Å². The summed E-state index contributed by atoms with van der Waals surface area (Å²) in [5.41, 5.74) is 6.68. The monoisotopic (exact) mass is 638 g/mol. The van der Waals surface area contributed by atoms with Gasteiger partial charge in [0.25, 0.3) is 0 Å². The van der Waals surface area contributed by atoms with Crippen LogP contribution in [0.25, 0.3) is 0 Å². The lowest BCUT2D eigenvalue weighted by atomic mass is 9.93. The average Bonchev–Trinajstić information content (AvgIpc) is 3.13. The molecule has 4 aromatic carbocycles. The van der Waals surface area contributed by atoms with Crippen molar-refractivity contribution >= 4 is 29.7 Å². The Labute approximate surface area is 269 Å². The molecule has 0 amide bonds. The van der Waals surface area contributed by atoms with Crippen LogP contribution in [0.1, 0.15) is 41.4 Å². The van der Waals surface area contributed by atoms with Crippen LogP contribution < -0.4 is 5.73 Å². The molecule has 0 unspecified atom stereocenters. The number of benzene rings is 4. The van der Waals surface area contributed by atoms with Crippen molar-refractivity contribution in [1.82, 2.24) is 0 Å². The van der Waals surface area contributed by atoms with Gasteiger partial charge in [0.05, 0.1) is 22.3 Å². The van der Waals surface area contributed by atoms with Gasteiger partial charge in [0, 0.05) is 0 Å². The van der Waals surface area contributed by atoms with E-state index in [2.05, 4.69) is 5.16 Å². The molecule has 1 heterocycles. The second-order valence-electron chi connectivity index (χ2n) is 10.3. The summed E-state index contributed by atoms with van der Waals surface area (Å²) in [5.74, 6) is -3.84. The third-order valence-corrected chi connectivity index (χ3v) is 7.19. The van der Waals surface area contributed by atoms with Crippen molar-refractivity contribution in [2.45, 2.75) is 30.5 Å². The summed E-state index contributed by atoms with van der Waals surface area (Å²) < 4.78 is 29.2. The van der Waals surface area contributed by atoms with Crippen molar-refractivity contribution < 1.29 is 48.1 Å². The van der Waals surface area contributed by atoms with E-state index < -0.39 is 66.8 Å². The Morgan fingerprint density at radius 2 is 0.936 bits per heavy atom. The molecule has 47 heavy (non-hydrogen) atoms. The molecule has 240 valence electrons. The number of hydrogen-bond donors (Lipinski definition) is 2. The molecular formula is C35H30N2O10. The van der Waals surface area contributed by atoms with Gasteiger partial charge in [-0.3, -0.25) is 0 Å². The molecule has 5 rings (SSSR count). The average molecular weight is 639 g/mol. The molecule has 1 saturated heterocycles. The van der Waals surface area contributed by atoms with Crippen LogP contribution in [0.5, 0.6) is 0 Å². The molecule has 0 spiro atoms. The number of nitrogens with zero attached hydrogens (tertiary/aromatic N) is 1. The standard InChI is InChI=1S/C35H30N2O10/c36-31(37-42)30-29(47-35(41)25-19-11-4-12-20-25)28(46-34(40)24-17-9-3-10-18-24)27(45-33(39)23-15-7-2-8-16-23)26(44-30)21-43-32(38)22-13-5-1-6-14-22/h1-20,26-30,42H,21H2,(H2,36,37)/t26-,27-,28+,29-,30-/m1/s1. The van der Waals surface area contributed by atoms with Crippen LogP contribution in [0.2, 0.25) is 0 Å². The van der Waals surface area contributed by atoms with Gasteiger partial charge in [-0.15, -0.1) is 0 Å². The molecule has 0 radical (unpaired) electrons. The zero-order chi connectivity index (χ0) is 33.2. The molecule has 4 aromatic rings. The zero-order valence-corrected chi connectivity index (χ0v) is 24.8. The molecule has 1 aliphatic rings. The van der Waals surface area contributed by atoms with Gasteiger partial charge < -0.3 is 34.6 Å². The largest absolute Gasteiger partial charge is 0.459 e. The van der Waals surface area contributed by atoms with Gasteiger partial charge in [-0.1, -0.05) is 78.0 Å². The summed E-state index contributed by atoms with van der Waals surface area (Å²) in [4.78, 5) is 53.1. The third-order valence-electron chi connectivity index (χ3n) is 7.19. The maximum Gasteiger partial charge on any atom is 0.338 e. The van der Waals surface area contributed by atoms with Gasteiger partial charge >= 0.3 is 23.9 Å². The van der Waals surface area contributed by atoms with Gasteiger partial charge in [0.15, 0.2) is 30.3 Å². The number of amidine groups is 1. The minimum atomic E-state index is -1.61. The maximum atomic E-state index is 13.5. The number of ether oxygens (including phenoxy) is 5. The highest BCUT2D eigenvalue weighted by atomic mass is 16.7. The van der Waals surface area contributed by atoms with Gasteiger partial charge in [-0.25, -0.2) is 19.2 Å². The first-order chi connectivity index (χ1) is 22.9. The number of carbonyl (C=O) groups excluding carboxylic acids is 4. The van der Waals surface area contributed by atoms with Gasteiger partial charge in [-0.05, 0) is 48.5 Å². The molecule has 0 saturated carbocycles. The quantitative estimate of drug-likeness (QED) is 0.0641. The van der Waals surface area contributed by atoms with E-state index in [0.29, 0.717) is 0 Å². The lowest BCUT2D eigenvalue weighted by Gasteiger charge is -2.44. The SMILES string of the molecule is N/C(=N\O)[C@@H]1O[C@H](COC(=O)c2ccccc2)[C@@H](OC(=O)c2ccccc2)[C@H](OC(=O)c2ccccc2)[C@H]1OC(=O)c1ccccc1. The Balaban J connectivity index is 1.55. The summed E-state index contributed by atoms with van der Waals surface area (Å²) in [5, 5.41) is 12.7. The molecular weight excluding hydrogens is 608 g/mol. The van der Waals surface area contributed by atoms with E-state index >= 15 is 0 Å². The molecule has 3 N–H and O–H groups in total. The Kier molecular flexibility index (Phi) is 10.6. The molecule has 0 bridgehead atoms. The summed E-state index contributed by atoms with van der Waals surface area (Å²) >= 11 is 0. The first kappa shape index (κ1) is 32.4. The normalized spacial score (nSPS) is 20.8. The van der Waals surface area contributed by atoms with E-state index in [1.807, 2.05) is 0 Å². The number of rotatable bonds is 10. The zero-order valence-electron chi connectivity index (χ0n) is 24.8. The molecule has 5 atom stereocenters. The smallest absolute Gasteiger partial charge is 0.338 e. The highest BCUT2D eigenvalue weighted by Crippen LogP contribution is 2.31. The van der Waals surface area contributed by atoms with Gasteiger partial charge in [-0.2, -0.15) is 0 Å². The van der Waals surface area contributed by atoms with Gasteiger partial charge in [0.1, 0.15) is 12.7 Å². The van der Waals surface area contributed by atoms with Crippen LogP contribution in [-0.4, -0.2) is 72.0 Å². The fourth-order valence-electron chi connectivity index (χ4n) is 4.86. The first-order valence-corrected chi connectivity index (χ1v) is 14.5. The van der Waals surface area contributed by atoms with E-state index in [1.54, 1.807) is 84.9 Å². The Morgan fingerprint density at radius 3 is 1.34 bits per heavy atom. The number of esters is 4. The summed E-state index contributed by atoms with van der Waals surface area (Å²) in [6.07, 6.45) is -7.66. The second-order valence-corrected chi connectivity index (χ2v) is 10.3. The fourth-order valence-corrected chi connectivity index (χ4v) is 4.86. The number of oxime groups is 1. The van der Waals surface area contributed by atoms with Crippen molar-refractivity contribution in [2.24, 2.45) is 10.9 Å². The van der Waals surface area contributed by atoms with Crippen LogP contribution >= 0.6 is 0 Å². The highest BCUT2D eigenvalue weighted by Gasteiger charge is 2.54. The van der Waals surface area contributed by atoms with Crippen molar-refractivity contribution in [2.75, 3.05) is 6.61 Å². The lowest BCUT2D eigenvalue weighted by molar-refractivity contribution is -0.213. The Hall–Kier alpha value is -6.01. The van der Waals surface area contributed by atoms with Crippen molar-refractivity contribution in [3.05, 3.63) is 144 Å². The highest BCUT2D eigenvalue weighted by molar-refractivity contribution is 5.92. The van der Waals surface area contributed by atoms with E-state index in [1.165, 1.54) is 36.4 Å². The van der Waals surface area contributed by atoms with E-state index in [-0.39, 0.29) is 22.3 Å². The van der Waals surface area contributed by atoms with Crippen molar-refractivity contribution in [3.8, 4) is 0 Å². The Bertz CT molecular complexity index is 1700. The molecule has 1 fully saturated rings. The first-order valence-electron chi connectivity index (χ1n) is 14.5. The third kappa shape index (κ3) is 7.99. The summed E-state index contributed by atoms with van der Waals surface area (Å²) in [6, 6.07) is 31.9. The van der Waals surface area contributed by atoms with Crippen LogP contribution in [0.4, 0.5) is 0 Å².